The van der Waals surface area contributed by atoms with Gasteiger partial charge in [0.15, 0.2) is 5.82 Å². The normalized spacial score (nSPS) is 15.0. The smallest absolute Gasteiger partial charge is 0.283 e. The van der Waals surface area contributed by atoms with E-state index < -0.39 is 0 Å². The SMILES string of the molecule is O=c1c2c[nH]c3ccc(N4CCNCC4)nc3c-2nn1-c1ccccn1. The second-order valence-corrected chi connectivity index (χ2v) is 6.26. The lowest BCUT2D eigenvalue weighted by Crippen LogP contribution is -2.43. The Morgan fingerprint density at radius 1 is 1.04 bits per heavy atom. The van der Waals surface area contributed by atoms with Crippen LogP contribution in [-0.2, 0) is 0 Å². The Morgan fingerprint density at radius 2 is 1.92 bits per heavy atom. The zero-order valence-electron chi connectivity index (χ0n) is 14.0. The number of rotatable bonds is 2. The van der Waals surface area contributed by atoms with Crippen LogP contribution in [0.15, 0.2) is 47.5 Å². The summed E-state index contributed by atoms with van der Waals surface area (Å²) in [4.78, 5) is 27.2. The quantitative estimate of drug-likeness (QED) is 0.562. The number of nitrogens with one attached hydrogen (secondary N) is 2. The number of pyridine rings is 3. The van der Waals surface area contributed by atoms with Crippen LogP contribution in [-0.4, -0.2) is 50.9 Å². The van der Waals surface area contributed by atoms with Crippen LogP contribution in [0.5, 0.6) is 0 Å². The van der Waals surface area contributed by atoms with Gasteiger partial charge in [0.1, 0.15) is 17.0 Å². The maximum Gasteiger partial charge on any atom is 0.283 e. The summed E-state index contributed by atoms with van der Waals surface area (Å²) in [7, 11) is 0. The number of nitrogens with zero attached hydrogens (tertiary/aromatic N) is 5. The van der Waals surface area contributed by atoms with Crippen molar-refractivity contribution in [3.63, 3.8) is 0 Å². The maximum atomic E-state index is 12.8. The number of hydrogen-bond donors (Lipinski definition) is 2. The van der Waals surface area contributed by atoms with Crippen LogP contribution in [0.4, 0.5) is 5.82 Å². The molecule has 5 rings (SSSR count). The molecule has 5 heterocycles. The maximum absolute atomic E-state index is 12.8. The summed E-state index contributed by atoms with van der Waals surface area (Å²) in [5.74, 6) is 1.40. The topological polar surface area (TPSA) is 91.7 Å². The lowest BCUT2D eigenvalue weighted by molar-refractivity contribution is 0.585. The van der Waals surface area contributed by atoms with Gasteiger partial charge in [-0.25, -0.2) is 9.97 Å². The average molecular weight is 347 g/mol. The van der Waals surface area contributed by atoms with E-state index in [0.717, 1.165) is 37.5 Å². The van der Waals surface area contributed by atoms with E-state index in [9.17, 15) is 4.79 Å². The molecule has 3 aliphatic rings. The molecule has 2 aromatic rings. The summed E-state index contributed by atoms with van der Waals surface area (Å²) in [5.41, 5.74) is 2.44. The molecule has 0 bridgehead atoms. The van der Waals surface area contributed by atoms with Crippen molar-refractivity contribution in [3.05, 3.63) is 53.1 Å². The van der Waals surface area contributed by atoms with Gasteiger partial charge in [0.25, 0.3) is 5.56 Å². The molecule has 0 unspecified atom stereocenters. The fourth-order valence-corrected chi connectivity index (χ4v) is 3.32. The molecular weight excluding hydrogens is 330 g/mol. The van der Waals surface area contributed by atoms with Gasteiger partial charge in [-0.2, -0.15) is 9.78 Å². The largest absolute Gasteiger partial charge is 0.359 e. The number of fused-ring (bicyclic) bond motifs is 3. The van der Waals surface area contributed by atoms with Crippen molar-refractivity contribution in [2.24, 2.45) is 0 Å². The fraction of sp³-hybridized carbons (Fsp3) is 0.222. The van der Waals surface area contributed by atoms with Crippen molar-refractivity contribution < 1.29 is 0 Å². The molecule has 26 heavy (non-hydrogen) atoms. The van der Waals surface area contributed by atoms with Gasteiger partial charge in [-0.15, -0.1) is 0 Å². The predicted molar refractivity (Wildman–Crippen MR) is 99.0 cm³/mol. The third-order valence-corrected chi connectivity index (χ3v) is 4.66. The summed E-state index contributed by atoms with van der Waals surface area (Å²) in [6.45, 7) is 3.70. The number of anilines is 1. The van der Waals surface area contributed by atoms with Gasteiger partial charge in [0, 0.05) is 38.6 Å². The Bertz CT molecular complexity index is 1100. The van der Waals surface area contributed by atoms with E-state index in [-0.39, 0.29) is 5.56 Å². The minimum Gasteiger partial charge on any atom is -0.359 e. The second-order valence-electron chi connectivity index (χ2n) is 6.26. The molecule has 0 radical (unpaired) electrons. The zero-order chi connectivity index (χ0) is 17.5. The van der Waals surface area contributed by atoms with Gasteiger partial charge < -0.3 is 15.2 Å². The first kappa shape index (κ1) is 15.0. The Balaban J connectivity index is 1.70. The minimum atomic E-state index is -0.203. The highest BCUT2D eigenvalue weighted by molar-refractivity contribution is 5.91. The van der Waals surface area contributed by atoms with Gasteiger partial charge in [0.05, 0.1) is 11.1 Å². The third kappa shape index (κ3) is 2.34. The fourth-order valence-electron chi connectivity index (χ4n) is 3.32. The van der Waals surface area contributed by atoms with Crippen LogP contribution in [0.3, 0.4) is 0 Å². The summed E-state index contributed by atoms with van der Waals surface area (Å²) >= 11 is 0. The Kier molecular flexibility index (Phi) is 3.42. The Hall–Kier alpha value is -3.26. The molecule has 0 saturated carbocycles. The van der Waals surface area contributed by atoms with E-state index in [4.69, 9.17) is 4.98 Å². The van der Waals surface area contributed by atoms with E-state index in [1.165, 1.54) is 4.68 Å². The molecule has 0 aliphatic carbocycles. The summed E-state index contributed by atoms with van der Waals surface area (Å²) < 4.78 is 1.33. The molecule has 3 aliphatic heterocycles. The molecule has 1 fully saturated rings. The molecule has 8 heteroatoms. The van der Waals surface area contributed by atoms with Gasteiger partial charge in [-0.3, -0.25) is 4.79 Å². The summed E-state index contributed by atoms with van der Waals surface area (Å²) in [6.07, 6.45) is 3.34. The minimum absolute atomic E-state index is 0.203. The lowest BCUT2D eigenvalue weighted by Gasteiger charge is -2.28. The van der Waals surface area contributed by atoms with Crippen molar-refractivity contribution in [2.75, 3.05) is 31.1 Å². The zero-order valence-corrected chi connectivity index (χ0v) is 14.0. The van der Waals surface area contributed by atoms with Gasteiger partial charge in [-0.05, 0) is 24.3 Å². The van der Waals surface area contributed by atoms with E-state index in [2.05, 4.69) is 25.3 Å². The molecule has 0 spiro atoms. The molecule has 0 amide bonds. The Morgan fingerprint density at radius 3 is 2.73 bits per heavy atom. The molecule has 2 aromatic heterocycles. The number of piperazine rings is 1. The van der Waals surface area contributed by atoms with Crippen LogP contribution >= 0.6 is 0 Å². The van der Waals surface area contributed by atoms with Gasteiger partial charge >= 0.3 is 0 Å². The van der Waals surface area contributed by atoms with E-state index >= 15 is 0 Å². The highest BCUT2D eigenvalue weighted by atomic mass is 16.1. The first-order valence-corrected chi connectivity index (χ1v) is 8.59. The molecule has 0 atom stereocenters. The third-order valence-electron chi connectivity index (χ3n) is 4.66. The van der Waals surface area contributed by atoms with Crippen molar-refractivity contribution in [1.82, 2.24) is 30.0 Å². The van der Waals surface area contributed by atoms with E-state index in [0.29, 0.717) is 22.6 Å². The van der Waals surface area contributed by atoms with Gasteiger partial charge in [-0.1, -0.05) is 6.07 Å². The van der Waals surface area contributed by atoms with Crippen molar-refractivity contribution in [1.29, 1.82) is 0 Å². The standard InChI is InChI=1S/C18H17N7O/c26-18-12-11-21-13-4-5-15(24-9-7-19-8-10-24)22-17(13)16(12)23-25(18)14-3-1-2-6-20-14/h1-6,11,19,21H,7-10H2. The van der Waals surface area contributed by atoms with Crippen LogP contribution in [0.2, 0.25) is 0 Å². The van der Waals surface area contributed by atoms with Crippen LogP contribution in [0.1, 0.15) is 0 Å². The summed E-state index contributed by atoms with van der Waals surface area (Å²) in [5, 5.41) is 7.87. The van der Waals surface area contributed by atoms with Crippen LogP contribution < -0.4 is 15.8 Å². The van der Waals surface area contributed by atoms with Crippen molar-refractivity contribution in [3.8, 4) is 17.1 Å². The lowest BCUT2D eigenvalue weighted by atomic mass is 10.2. The average Bonchev–Trinajstić information content (AvgIpc) is 3.06. The predicted octanol–water partition coefficient (Wildman–Crippen LogP) is 1.02. The first-order chi connectivity index (χ1) is 12.8. The molecule has 1 saturated heterocycles. The molecule has 0 aromatic carbocycles. The highest BCUT2D eigenvalue weighted by Crippen LogP contribution is 2.26. The molecule has 2 N–H and O–H groups in total. The van der Waals surface area contributed by atoms with E-state index in [1.54, 1.807) is 18.5 Å². The van der Waals surface area contributed by atoms with Crippen molar-refractivity contribution >= 4 is 16.9 Å². The highest BCUT2D eigenvalue weighted by Gasteiger charge is 2.21. The van der Waals surface area contributed by atoms with Gasteiger partial charge in [0.2, 0.25) is 0 Å². The second kappa shape index (κ2) is 5.92. The molecule has 8 nitrogen and oxygen atoms in total. The number of hydrogen-bond acceptors (Lipinski definition) is 6. The van der Waals surface area contributed by atoms with Crippen LogP contribution in [0, 0.1) is 0 Å². The monoisotopic (exact) mass is 347 g/mol. The number of aromatic nitrogens is 5. The summed E-state index contributed by atoms with van der Waals surface area (Å²) in [6, 6.07) is 9.40. The van der Waals surface area contributed by atoms with Crippen LogP contribution in [0.25, 0.3) is 28.1 Å². The number of aromatic amines is 1. The Labute approximate surface area is 148 Å². The number of H-pyrrole nitrogens is 1. The molecular formula is C18H17N7O. The van der Waals surface area contributed by atoms with Crippen molar-refractivity contribution in [2.45, 2.75) is 0 Å². The molecule has 130 valence electrons. The first-order valence-electron chi connectivity index (χ1n) is 8.59. The van der Waals surface area contributed by atoms with E-state index in [1.807, 2.05) is 24.3 Å².